The zero-order chi connectivity index (χ0) is 12.9. The van der Waals surface area contributed by atoms with Gasteiger partial charge in [0.15, 0.2) is 0 Å². The van der Waals surface area contributed by atoms with Crippen LogP contribution in [0.2, 0.25) is 0 Å². The minimum Gasteiger partial charge on any atom is -0.376 e. The fraction of sp³-hybridized carbons (Fsp3) is 0.933. The fourth-order valence-corrected chi connectivity index (χ4v) is 2.66. The average molecular weight is 240 g/mol. The van der Waals surface area contributed by atoms with Crippen LogP contribution in [0.4, 0.5) is 0 Å². The van der Waals surface area contributed by atoms with Crippen molar-refractivity contribution in [1.29, 1.82) is 0 Å². The van der Waals surface area contributed by atoms with Crippen LogP contribution in [-0.2, 0) is 9.53 Å². The molecule has 1 fully saturated rings. The molecule has 0 aliphatic heterocycles. The Morgan fingerprint density at radius 2 is 2.00 bits per heavy atom. The summed E-state index contributed by atoms with van der Waals surface area (Å²) in [7, 11) is 0. The van der Waals surface area contributed by atoms with E-state index in [1.807, 2.05) is 0 Å². The van der Waals surface area contributed by atoms with E-state index < -0.39 is 0 Å². The van der Waals surface area contributed by atoms with E-state index in [1.165, 1.54) is 12.8 Å². The molecule has 1 aliphatic rings. The topological polar surface area (TPSA) is 26.3 Å². The molecule has 2 heteroatoms. The third-order valence-electron chi connectivity index (χ3n) is 3.57. The summed E-state index contributed by atoms with van der Waals surface area (Å²) in [6, 6.07) is 0. The fourth-order valence-electron chi connectivity index (χ4n) is 2.66. The van der Waals surface area contributed by atoms with Crippen molar-refractivity contribution in [3.8, 4) is 0 Å². The summed E-state index contributed by atoms with van der Waals surface area (Å²) in [4.78, 5) is 11.8. The molecule has 100 valence electrons. The predicted molar refractivity (Wildman–Crippen MR) is 71.1 cm³/mol. The first-order chi connectivity index (χ1) is 7.92. The van der Waals surface area contributed by atoms with E-state index >= 15 is 0 Å². The standard InChI is InChI=1S/C15H28O2/c1-5-6-12-7-8-14(16)13(11-12)9-10-17-15(2,3)4/h12-13H,5-11H2,1-4H3. The third kappa shape index (κ3) is 5.67. The molecule has 0 aromatic heterocycles. The average Bonchev–Trinajstić information content (AvgIpc) is 2.21. The van der Waals surface area contributed by atoms with Gasteiger partial charge >= 0.3 is 0 Å². The monoisotopic (exact) mass is 240 g/mol. The molecule has 0 saturated heterocycles. The highest BCUT2D eigenvalue weighted by molar-refractivity contribution is 5.81. The van der Waals surface area contributed by atoms with Gasteiger partial charge in [-0.3, -0.25) is 4.79 Å². The van der Waals surface area contributed by atoms with Gasteiger partial charge in [-0.15, -0.1) is 0 Å². The highest BCUT2D eigenvalue weighted by atomic mass is 16.5. The molecule has 2 atom stereocenters. The molecule has 1 aliphatic carbocycles. The van der Waals surface area contributed by atoms with Gasteiger partial charge in [0.25, 0.3) is 0 Å². The molecule has 0 radical (unpaired) electrons. The van der Waals surface area contributed by atoms with Crippen LogP contribution in [0.5, 0.6) is 0 Å². The zero-order valence-corrected chi connectivity index (χ0v) is 11.9. The maximum Gasteiger partial charge on any atom is 0.136 e. The largest absolute Gasteiger partial charge is 0.376 e. The van der Waals surface area contributed by atoms with Gasteiger partial charge in [-0.2, -0.15) is 0 Å². The Kier molecular flexibility index (Phi) is 5.64. The molecular formula is C15H28O2. The molecular weight excluding hydrogens is 212 g/mol. The molecule has 0 spiro atoms. The van der Waals surface area contributed by atoms with Gasteiger partial charge in [-0.25, -0.2) is 0 Å². The molecule has 0 bridgehead atoms. The number of carbonyl (C=O) groups excluding carboxylic acids is 1. The number of hydrogen-bond donors (Lipinski definition) is 0. The number of Topliss-reactive ketones (excluding diaryl/α,β-unsaturated/α-hetero) is 1. The summed E-state index contributed by atoms with van der Waals surface area (Å²) < 4.78 is 5.72. The maximum absolute atomic E-state index is 11.8. The molecule has 2 nitrogen and oxygen atoms in total. The molecule has 17 heavy (non-hydrogen) atoms. The summed E-state index contributed by atoms with van der Waals surface area (Å²) in [5, 5.41) is 0. The number of rotatable bonds is 5. The van der Waals surface area contributed by atoms with Gasteiger partial charge in [0.2, 0.25) is 0 Å². The van der Waals surface area contributed by atoms with Crippen LogP contribution in [0.1, 0.15) is 66.2 Å². The number of hydrogen-bond acceptors (Lipinski definition) is 2. The Hall–Kier alpha value is -0.370. The van der Waals surface area contributed by atoms with Crippen molar-refractivity contribution in [3.63, 3.8) is 0 Å². The van der Waals surface area contributed by atoms with Crippen LogP contribution in [0.25, 0.3) is 0 Å². The Labute approximate surface area is 106 Å². The van der Waals surface area contributed by atoms with Crippen molar-refractivity contribution in [2.24, 2.45) is 11.8 Å². The van der Waals surface area contributed by atoms with E-state index in [-0.39, 0.29) is 11.5 Å². The van der Waals surface area contributed by atoms with Crippen LogP contribution >= 0.6 is 0 Å². The van der Waals surface area contributed by atoms with Crippen LogP contribution in [0.3, 0.4) is 0 Å². The van der Waals surface area contributed by atoms with Gasteiger partial charge in [0.05, 0.1) is 5.60 Å². The van der Waals surface area contributed by atoms with E-state index in [1.54, 1.807) is 0 Å². The number of ether oxygens (including phenoxy) is 1. The highest BCUT2D eigenvalue weighted by Crippen LogP contribution is 2.31. The molecule has 0 N–H and O–H groups in total. The first-order valence-corrected chi connectivity index (χ1v) is 7.09. The SMILES string of the molecule is CCCC1CCC(=O)C(CCOC(C)(C)C)C1. The molecule has 0 aromatic carbocycles. The second-order valence-electron chi connectivity index (χ2n) is 6.34. The normalized spacial score (nSPS) is 26.2. The van der Waals surface area contributed by atoms with Gasteiger partial charge in [0.1, 0.15) is 5.78 Å². The summed E-state index contributed by atoms with van der Waals surface area (Å²) in [5.74, 6) is 1.51. The molecule has 0 amide bonds. The van der Waals surface area contributed by atoms with Crippen LogP contribution in [0.15, 0.2) is 0 Å². The quantitative estimate of drug-likeness (QED) is 0.726. The van der Waals surface area contributed by atoms with Crippen LogP contribution in [-0.4, -0.2) is 18.0 Å². The Morgan fingerprint density at radius 1 is 1.29 bits per heavy atom. The van der Waals surface area contributed by atoms with Gasteiger partial charge < -0.3 is 4.74 Å². The first kappa shape index (κ1) is 14.7. The lowest BCUT2D eigenvalue weighted by atomic mass is 9.77. The highest BCUT2D eigenvalue weighted by Gasteiger charge is 2.28. The summed E-state index contributed by atoms with van der Waals surface area (Å²) >= 11 is 0. The van der Waals surface area contributed by atoms with E-state index in [0.29, 0.717) is 5.78 Å². The van der Waals surface area contributed by atoms with Crippen molar-refractivity contribution in [2.75, 3.05) is 6.61 Å². The van der Waals surface area contributed by atoms with E-state index in [4.69, 9.17) is 4.74 Å². The Balaban J connectivity index is 2.32. The molecule has 0 heterocycles. The maximum atomic E-state index is 11.8. The van der Waals surface area contributed by atoms with E-state index in [9.17, 15) is 4.79 Å². The minimum absolute atomic E-state index is 0.0828. The van der Waals surface area contributed by atoms with E-state index in [0.717, 1.165) is 38.2 Å². The molecule has 1 rings (SSSR count). The second-order valence-corrected chi connectivity index (χ2v) is 6.34. The summed E-state index contributed by atoms with van der Waals surface area (Å²) in [5.41, 5.74) is -0.0828. The van der Waals surface area contributed by atoms with Gasteiger partial charge in [0, 0.05) is 18.9 Å². The summed E-state index contributed by atoms with van der Waals surface area (Å²) in [6.45, 7) is 9.15. The Bertz CT molecular complexity index is 240. The minimum atomic E-state index is -0.0828. The van der Waals surface area contributed by atoms with Crippen molar-refractivity contribution in [3.05, 3.63) is 0 Å². The lowest BCUT2D eigenvalue weighted by Crippen LogP contribution is -2.28. The summed E-state index contributed by atoms with van der Waals surface area (Å²) in [6.07, 6.45) is 6.44. The lowest BCUT2D eigenvalue weighted by Gasteiger charge is -2.29. The van der Waals surface area contributed by atoms with Crippen molar-refractivity contribution < 1.29 is 9.53 Å². The van der Waals surface area contributed by atoms with Crippen molar-refractivity contribution in [2.45, 2.75) is 71.8 Å². The number of carbonyl (C=O) groups is 1. The van der Waals surface area contributed by atoms with E-state index in [2.05, 4.69) is 27.7 Å². The predicted octanol–water partition coefficient (Wildman–Crippen LogP) is 3.98. The smallest absolute Gasteiger partial charge is 0.136 e. The van der Waals surface area contributed by atoms with Crippen LogP contribution in [0, 0.1) is 11.8 Å². The lowest BCUT2D eigenvalue weighted by molar-refractivity contribution is -0.127. The molecule has 0 aromatic rings. The van der Waals surface area contributed by atoms with Crippen molar-refractivity contribution in [1.82, 2.24) is 0 Å². The van der Waals surface area contributed by atoms with Gasteiger partial charge in [-0.1, -0.05) is 19.8 Å². The molecule has 2 unspecified atom stereocenters. The van der Waals surface area contributed by atoms with Gasteiger partial charge in [-0.05, 0) is 46.0 Å². The zero-order valence-electron chi connectivity index (χ0n) is 11.9. The van der Waals surface area contributed by atoms with Crippen LogP contribution < -0.4 is 0 Å². The second kappa shape index (κ2) is 6.53. The first-order valence-electron chi connectivity index (χ1n) is 7.09. The van der Waals surface area contributed by atoms with Crippen molar-refractivity contribution >= 4 is 5.78 Å². The molecule has 1 saturated carbocycles. The Morgan fingerprint density at radius 3 is 2.59 bits per heavy atom. The number of ketones is 1. The third-order valence-corrected chi connectivity index (χ3v) is 3.57.